The lowest BCUT2D eigenvalue weighted by Gasteiger charge is -2.22. The van der Waals surface area contributed by atoms with Gasteiger partial charge in [-0.05, 0) is 30.5 Å². The molecule has 2 amide bonds. The normalized spacial score (nSPS) is 15.9. The molecule has 0 saturated heterocycles. The van der Waals surface area contributed by atoms with Gasteiger partial charge in [0.05, 0.1) is 0 Å². The quantitative estimate of drug-likeness (QED) is 0.870. The molecule has 0 aromatic heterocycles. The fourth-order valence-electron chi connectivity index (χ4n) is 2.41. The average molecular weight is 317 g/mol. The summed E-state index contributed by atoms with van der Waals surface area (Å²) in [5, 5.41) is 17.0. The van der Waals surface area contributed by atoms with E-state index in [1.54, 1.807) is 12.1 Å². The summed E-state index contributed by atoms with van der Waals surface area (Å²) in [5.41, 5.74) is 2.46. The molecule has 1 heterocycles. The molecule has 7 nitrogen and oxygen atoms in total. The molecule has 1 aromatic carbocycles. The van der Waals surface area contributed by atoms with Gasteiger partial charge in [-0.3, -0.25) is 9.59 Å². The molecular weight excluding hydrogens is 298 g/mol. The average Bonchev–Trinajstić information content (AvgIpc) is 2.50. The minimum atomic E-state index is -1.16. The number of nitrogens with one attached hydrogen (secondary N) is 1. The van der Waals surface area contributed by atoms with Crippen LogP contribution in [-0.4, -0.2) is 40.7 Å². The number of carbonyl (C=O) groups is 3. The number of carboxylic acids is 1. The van der Waals surface area contributed by atoms with Crippen molar-refractivity contribution >= 4 is 23.5 Å². The summed E-state index contributed by atoms with van der Waals surface area (Å²) in [6, 6.07) is 4.16. The zero-order valence-electron chi connectivity index (χ0n) is 13.3. The number of aryl methyl sites for hydroxylation is 1. The van der Waals surface area contributed by atoms with Crippen LogP contribution in [0.25, 0.3) is 0 Å². The van der Waals surface area contributed by atoms with E-state index in [0.29, 0.717) is 5.56 Å². The predicted octanol–water partition coefficient (Wildman–Crippen LogP) is 1.15. The Morgan fingerprint density at radius 3 is 2.61 bits per heavy atom. The van der Waals surface area contributed by atoms with Crippen molar-refractivity contribution in [3.8, 4) is 0 Å². The summed E-state index contributed by atoms with van der Waals surface area (Å²) in [6.45, 7) is 3.70. The summed E-state index contributed by atoms with van der Waals surface area (Å²) in [7, 11) is 1.47. The number of hydrogen-bond acceptors (Lipinski definition) is 4. The van der Waals surface area contributed by atoms with Gasteiger partial charge in [-0.1, -0.05) is 18.2 Å². The van der Waals surface area contributed by atoms with Gasteiger partial charge in [0.15, 0.2) is 6.04 Å². The fraction of sp³-hybridized carbons (Fsp3) is 0.375. The van der Waals surface area contributed by atoms with Crippen molar-refractivity contribution in [3.63, 3.8) is 0 Å². The Bertz CT molecular complexity index is 697. The third-order valence-corrected chi connectivity index (χ3v) is 3.95. The first-order valence-corrected chi connectivity index (χ1v) is 7.25. The van der Waals surface area contributed by atoms with Crippen molar-refractivity contribution in [3.05, 3.63) is 34.9 Å². The molecule has 0 bridgehead atoms. The first kappa shape index (κ1) is 16.7. The first-order chi connectivity index (χ1) is 10.8. The SMILES string of the molecule is Cc1cccc([C@H](NC(=O)C2=NN(C)C(=O)CC2)C(=O)O)c1C. The van der Waals surface area contributed by atoms with Gasteiger partial charge in [0.25, 0.3) is 5.91 Å². The van der Waals surface area contributed by atoms with E-state index in [1.807, 2.05) is 19.9 Å². The molecule has 0 saturated carbocycles. The Morgan fingerprint density at radius 1 is 1.30 bits per heavy atom. The van der Waals surface area contributed by atoms with Crippen LogP contribution in [0.15, 0.2) is 23.3 Å². The lowest BCUT2D eigenvalue weighted by atomic mass is 9.97. The second-order valence-electron chi connectivity index (χ2n) is 5.50. The van der Waals surface area contributed by atoms with Gasteiger partial charge in [0.1, 0.15) is 5.71 Å². The van der Waals surface area contributed by atoms with Crippen LogP contribution in [-0.2, 0) is 14.4 Å². The molecule has 2 N–H and O–H groups in total. The molecule has 122 valence electrons. The predicted molar refractivity (Wildman–Crippen MR) is 83.9 cm³/mol. The molecule has 0 spiro atoms. The molecule has 7 heteroatoms. The Balaban J connectivity index is 2.25. The van der Waals surface area contributed by atoms with Crippen molar-refractivity contribution < 1.29 is 19.5 Å². The van der Waals surface area contributed by atoms with Crippen molar-refractivity contribution in [1.82, 2.24) is 10.3 Å². The molecule has 0 unspecified atom stereocenters. The van der Waals surface area contributed by atoms with Crippen LogP contribution < -0.4 is 5.32 Å². The lowest BCUT2D eigenvalue weighted by molar-refractivity contribution is -0.141. The van der Waals surface area contributed by atoms with E-state index >= 15 is 0 Å². The van der Waals surface area contributed by atoms with Crippen molar-refractivity contribution in [1.29, 1.82) is 0 Å². The third-order valence-electron chi connectivity index (χ3n) is 3.95. The Hall–Kier alpha value is -2.70. The van der Waals surface area contributed by atoms with E-state index in [0.717, 1.165) is 16.1 Å². The van der Waals surface area contributed by atoms with Crippen LogP contribution >= 0.6 is 0 Å². The minimum absolute atomic E-state index is 0.156. The summed E-state index contributed by atoms with van der Waals surface area (Å²) in [4.78, 5) is 35.3. The van der Waals surface area contributed by atoms with Crippen LogP contribution in [0.1, 0.15) is 35.6 Å². The topological polar surface area (TPSA) is 99.1 Å². The number of amides is 2. The van der Waals surface area contributed by atoms with E-state index in [-0.39, 0.29) is 24.5 Å². The largest absolute Gasteiger partial charge is 0.479 e. The highest BCUT2D eigenvalue weighted by Gasteiger charge is 2.28. The fourth-order valence-corrected chi connectivity index (χ4v) is 2.41. The Labute approximate surface area is 134 Å². The van der Waals surface area contributed by atoms with Crippen LogP contribution in [0.5, 0.6) is 0 Å². The highest BCUT2D eigenvalue weighted by Crippen LogP contribution is 2.21. The number of carboxylic acid groups (broad SMARTS) is 1. The van der Waals surface area contributed by atoms with Gasteiger partial charge >= 0.3 is 5.97 Å². The number of rotatable bonds is 4. The molecule has 1 aromatic rings. The molecular formula is C16H19N3O4. The van der Waals surface area contributed by atoms with Crippen LogP contribution in [0.3, 0.4) is 0 Å². The van der Waals surface area contributed by atoms with E-state index in [9.17, 15) is 19.5 Å². The van der Waals surface area contributed by atoms with Crippen LogP contribution in [0.4, 0.5) is 0 Å². The molecule has 0 fully saturated rings. The summed E-state index contributed by atoms with van der Waals surface area (Å²) < 4.78 is 0. The molecule has 0 radical (unpaired) electrons. The summed E-state index contributed by atoms with van der Waals surface area (Å²) in [5.74, 6) is -1.89. The lowest BCUT2D eigenvalue weighted by Crippen LogP contribution is -2.41. The zero-order chi connectivity index (χ0) is 17.1. The van der Waals surface area contributed by atoms with Gasteiger partial charge in [-0.15, -0.1) is 0 Å². The molecule has 0 aliphatic carbocycles. The van der Waals surface area contributed by atoms with Gasteiger partial charge in [0, 0.05) is 19.9 Å². The van der Waals surface area contributed by atoms with E-state index in [4.69, 9.17) is 0 Å². The number of hydrazone groups is 1. The molecule has 2 rings (SSSR count). The monoisotopic (exact) mass is 317 g/mol. The second kappa shape index (κ2) is 6.60. The van der Waals surface area contributed by atoms with Crippen LogP contribution in [0.2, 0.25) is 0 Å². The number of nitrogens with zero attached hydrogens (tertiary/aromatic N) is 2. The van der Waals surface area contributed by atoms with E-state index < -0.39 is 17.9 Å². The van der Waals surface area contributed by atoms with Gasteiger partial charge in [-0.25, -0.2) is 9.80 Å². The van der Waals surface area contributed by atoms with Crippen molar-refractivity contribution in [2.24, 2.45) is 5.10 Å². The summed E-state index contributed by atoms with van der Waals surface area (Å²) >= 11 is 0. The molecule has 1 aliphatic heterocycles. The van der Waals surface area contributed by atoms with Gasteiger partial charge in [-0.2, -0.15) is 5.10 Å². The summed E-state index contributed by atoms with van der Waals surface area (Å²) in [6.07, 6.45) is 0.387. The maximum Gasteiger partial charge on any atom is 0.330 e. The second-order valence-corrected chi connectivity index (χ2v) is 5.50. The zero-order valence-corrected chi connectivity index (χ0v) is 13.3. The van der Waals surface area contributed by atoms with Crippen molar-refractivity contribution in [2.45, 2.75) is 32.7 Å². The maximum atomic E-state index is 12.3. The number of benzene rings is 1. The highest BCUT2D eigenvalue weighted by atomic mass is 16.4. The smallest absolute Gasteiger partial charge is 0.330 e. The standard InChI is InChI=1S/C16H19N3O4/c1-9-5-4-6-11(10(9)2)14(16(22)23)17-15(21)12-7-8-13(20)19(3)18-12/h4-6,14H,7-8H2,1-3H3,(H,17,21)(H,22,23)/t14-/m0/s1. The third kappa shape index (κ3) is 3.56. The van der Waals surface area contributed by atoms with Crippen LogP contribution in [0, 0.1) is 13.8 Å². The molecule has 1 aliphatic rings. The number of aliphatic carboxylic acids is 1. The maximum absolute atomic E-state index is 12.3. The Kier molecular flexibility index (Phi) is 4.78. The van der Waals surface area contributed by atoms with E-state index in [2.05, 4.69) is 10.4 Å². The Morgan fingerprint density at radius 2 is 2.00 bits per heavy atom. The molecule has 23 heavy (non-hydrogen) atoms. The van der Waals surface area contributed by atoms with E-state index in [1.165, 1.54) is 7.05 Å². The van der Waals surface area contributed by atoms with Gasteiger partial charge < -0.3 is 10.4 Å². The number of carbonyl (C=O) groups excluding carboxylic acids is 2. The van der Waals surface area contributed by atoms with Gasteiger partial charge in [0.2, 0.25) is 5.91 Å². The first-order valence-electron chi connectivity index (χ1n) is 7.25. The number of hydrogen-bond donors (Lipinski definition) is 2. The van der Waals surface area contributed by atoms with Crippen molar-refractivity contribution in [2.75, 3.05) is 7.05 Å². The minimum Gasteiger partial charge on any atom is -0.479 e. The highest BCUT2D eigenvalue weighted by molar-refractivity contribution is 6.39. The molecule has 1 atom stereocenters.